The highest BCUT2D eigenvalue weighted by Crippen LogP contribution is 2.41. The van der Waals surface area contributed by atoms with Crippen LogP contribution in [0.4, 0.5) is 0 Å². The van der Waals surface area contributed by atoms with Crippen molar-refractivity contribution in [2.45, 2.75) is 25.2 Å². The second-order valence-electron chi connectivity index (χ2n) is 6.25. The number of carbonyl (C=O) groups is 1. The lowest BCUT2D eigenvalue weighted by Crippen LogP contribution is -2.41. The number of rotatable bonds is 7. The molecule has 2 aromatic carbocycles. The van der Waals surface area contributed by atoms with Crippen molar-refractivity contribution in [2.75, 3.05) is 20.6 Å². The molecule has 0 aliphatic carbocycles. The number of carboxylic acid groups (broad SMARTS) is 1. The quantitative estimate of drug-likeness (QED) is 0.816. The van der Waals surface area contributed by atoms with Gasteiger partial charge in [-0.15, -0.1) is 0 Å². The summed E-state index contributed by atoms with van der Waals surface area (Å²) >= 11 is 6.44. The summed E-state index contributed by atoms with van der Waals surface area (Å²) in [4.78, 5) is 14.6. The van der Waals surface area contributed by atoms with Crippen LogP contribution in [0.3, 0.4) is 0 Å². The lowest BCUT2D eigenvalue weighted by molar-refractivity contribution is -0.142. The van der Waals surface area contributed by atoms with E-state index in [1.165, 1.54) is 0 Å². The molecule has 0 radical (unpaired) electrons. The molecule has 0 saturated carbocycles. The normalized spacial score (nSPS) is 13.7. The number of nitrogens with zero attached hydrogens (tertiary/aromatic N) is 1. The van der Waals surface area contributed by atoms with Crippen LogP contribution in [0, 0.1) is 0 Å². The van der Waals surface area contributed by atoms with E-state index in [4.69, 9.17) is 11.6 Å². The molecule has 2 aromatic rings. The van der Waals surface area contributed by atoms with Crippen LogP contribution < -0.4 is 0 Å². The van der Waals surface area contributed by atoms with Gasteiger partial charge in [-0.1, -0.05) is 61.0 Å². The summed E-state index contributed by atoms with van der Waals surface area (Å²) in [7, 11) is 3.90. The van der Waals surface area contributed by atoms with Crippen LogP contribution in [-0.2, 0) is 16.6 Å². The van der Waals surface area contributed by atoms with E-state index in [-0.39, 0.29) is 0 Å². The second-order valence-corrected chi connectivity index (χ2v) is 6.66. The maximum atomic E-state index is 12.6. The summed E-state index contributed by atoms with van der Waals surface area (Å²) in [6.07, 6.45) is 1.23. The Morgan fingerprint density at radius 3 is 2.21 bits per heavy atom. The molecular formula is C20H24ClNO2. The fourth-order valence-corrected chi connectivity index (χ4v) is 3.49. The largest absolute Gasteiger partial charge is 0.480 e. The standard InChI is InChI=1S/C20H24ClNO2/c1-4-15-9-5-6-10-16(15)20(19(23)24,13-14-22(2)3)17-11-7-8-12-18(17)21/h5-12H,4,13-14H2,1-3H3,(H,23,24). The third-order valence-electron chi connectivity index (χ3n) is 4.49. The van der Waals surface area contributed by atoms with Crippen molar-refractivity contribution in [1.29, 1.82) is 0 Å². The van der Waals surface area contributed by atoms with Crippen LogP contribution in [0.15, 0.2) is 48.5 Å². The molecule has 2 rings (SSSR count). The zero-order valence-electron chi connectivity index (χ0n) is 14.4. The van der Waals surface area contributed by atoms with Crippen molar-refractivity contribution in [3.8, 4) is 0 Å². The van der Waals surface area contributed by atoms with Gasteiger partial charge in [-0.3, -0.25) is 4.79 Å². The van der Waals surface area contributed by atoms with E-state index in [9.17, 15) is 9.90 Å². The Morgan fingerprint density at radius 2 is 1.67 bits per heavy atom. The first-order valence-electron chi connectivity index (χ1n) is 8.15. The Bertz CT molecular complexity index is 714. The van der Waals surface area contributed by atoms with Crippen molar-refractivity contribution in [1.82, 2.24) is 4.90 Å². The third kappa shape index (κ3) is 3.47. The van der Waals surface area contributed by atoms with Crippen molar-refractivity contribution in [2.24, 2.45) is 0 Å². The Hall–Kier alpha value is -1.84. The molecule has 0 spiro atoms. The first-order chi connectivity index (χ1) is 11.4. The van der Waals surface area contributed by atoms with Gasteiger partial charge >= 0.3 is 5.97 Å². The molecule has 1 N–H and O–H groups in total. The van der Waals surface area contributed by atoms with Crippen molar-refractivity contribution >= 4 is 17.6 Å². The molecule has 1 unspecified atom stereocenters. The van der Waals surface area contributed by atoms with Gasteiger partial charge in [0.1, 0.15) is 5.41 Å². The van der Waals surface area contributed by atoms with Gasteiger partial charge in [0.15, 0.2) is 0 Å². The number of hydrogen-bond acceptors (Lipinski definition) is 2. The van der Waals surface area contributed by atoms with Crippen LogP contribution in [-0.4, -0.2) is 36.6 Å². The predicted molar refractivity (Wildman–Crippen MR) is 98.9 cm³/mol. The van der Waals surface area contributed by atoms with Gasteiger partial charge in [0.2, 0.25) is 0 Å². The number of aliphatic carboxylic acids is 1. The van der Waals surface area contributed by atoms with E-state index >= 15 is 0 Å². The highest BCUT2D eigenvalue weighted by molar-refractivity contribution is 6.31. The second kappa shape index (κ2) is 7.82. The highest BCUT2D eigenvalue weighted by Gasteiger charge is 2.44. The van der Waals surface area contributed by atoms with Gasteiger partial charge in [-0.05, 0) is 56.2 Å². The van der Waals surface area contributed by atoms with E-state index in [0.717, 1.165) is 17.5 Å². The molecule has 4 heteroatoms. The lowest BCUT2D eigenvalue weighted by Gasteiger charge is -2.34. The fraction of sp³-hybridized carbons (Fsp3) is 0.350. The lowest BCUT2D eigenvalue weighted by atomic mass is 9.70. The molecule has 0 bridgehead atoms. The average Bonchev–Trinajstić information content (AvgIpc) is 2.56. The van der Waals surface area contributed by atoms with Crippen LogP contribution in [0.1, 0.15) is 30.0 Å². The van der Waals surface area contributed by atoms with E-state index in [1.807, 2.05) is 68.4 Å². The predicted octanol–water partition coefficient (Wildman–Crippen LogP) is 4.22. The Labute approximate surface area is 148 Å². The van der Waals surface area contributed by atoms with Gasteiger partial charge in [0.05, 0.1) is 0 Å². The van der Waals surface area contributed by atoms with Crippen molar-refractivity contribution in [3.63, 3.8) is 0 Å². The van der Waals surface area contributed by atoms with E-state index in [2.05, 4.69) is 0 Å². The maximum absolute atomic E-state index is 12.6. The Morgan fingerprint density at radius 1 is 1.08 bits per heavy atom. The van der Waals surface area contributed by atoms with Crippen LogP contribution >= 0.6 is 11.6 Å². The van der Waals surface area contributed by atoms with Crippen molar-refractivity contribution in [3.05, 3.63) is 70.2 Å². The summed E-state index contributed by atoms with van der Waals surface area (Å²) in [6, 6.07) is 15.0. The smallest absolute Gasteiger partial charge is 0.318 e. The molecule has 0 amide bonds. The molecule has 128 valence electrons. The molecule has 0 aliphatic heterocycles. The topological polar surface area (TPSA) is 40.5 Å². The molecule has 0 saturated heterocycles. The molecule has 24 heavy (non-hydrogen) atoms. The number of hydrogen-bond donors (Lipinski definition) is 1. The third-order valence-corrected chi connectivity index (χ3v) is 4.82. The highest BCUT2D eigenvalue weighted by atomic mass is 35.5. The molecule has 3 nitrogen and oxygen atoms in total. The van der Waals surface area contributed by atoms with Crippen LogP contribution in [0.2, 0.25) is 5.02 Å². The molecule has 0 aliphatic rings. The number of halogens is 1. The zero-order valence-corrected chi connectivity index (χ0v) is 15.2. The van der Waals surface area contributed by atoms with Gasteiger partial charge in [-0.2, -0.15) is 0 Å². The molecule has 0 aromatic heterocycles. The summed E-state index contributed by atoms with van der Waals surface area (Å²) < 4.78 is 0. The first-order valence-corrected chi connectivity index (χ1v) is 8.52. The fourth-order valence-electron chi connectivity index (χ4n) is 3.20. The van der Waals surface area contributed by atoms with Crippen molar-refractivity contribution < 1.29 is 9.90 Å². The summed E-state index contributed by atoms with van der Waals surface area (Å²) in [5.41, 5.74) is 1.37. The SMILES string of the molecule is CCc1ccccc1C(CCN(C)C)(C(=O)O)c1ccccc1Cl. The van der Waals surface area contributed by atoms with Crippen LogP contribution in [0.25, 0.3) is 0 Å². The Kier molecular flexibility index (Phi) is 6.03. The molecule has 0 heterocycles. The molecule has 0 fully saturated rings. The van der Waals surface area contributed by atoms with Gasteiger partial charge in [0.25, 0.3) is 0 Å². The van der Waals surface area contributed by atoms with Crippen LogP contribution in [0.5, 0.6) is 0 Å². The van der Waals surface area contributed by atoms with Gasteiger partial charge < -0.3 is 10.0 Å². The monoisotopic (exact) mass is 345 g/mol. The van der Waals surface area contributed by atoms with Gasteiger partial charge in [0, 0.05) is 5.02 Å². The summed E-state index contributed by atoms with van der Waals surface area (Å²) in [6.45, 7) is 2.69. The van der Waals surface area contributed by atoms with Gasteiger partial charge in [-0.25, -0.2) is 0 Å². The maximum Gasteiger partial charge on any atom is 0.318 e. The minimum atomic E-state index is -1.16. The van der Waals surface area contributed by atoms with E-state index < -0.39 is 11.4 Å². The average molecular weight is 346 g/mol. The number of aryl methyl sites for hydroxylation is 1. The minimum absolute atomic E-state index is 0.454. The minimum Gasteiger partial charge on any atom is -0.480 e. The van der Waals surface area contributed by atoms with E-state index in [0.29, 0.717) is 23.6 Å². The summed E-state index contributed by atoms with van der Waals surface area (Å²) in [5, 5.41) is 10.8. The number of benzene rings is 2. The first kappa shape index (κ1) is 18.5. The number of carboxylic acids is 1. The zero-order chi connectivity index (χ0) is 17.7. The molecule has 1 atom stereocenters. The Balaban J connectivity index is 2.76. The molecular weight excluding hydrogens is 322 g/mol. The summed E-state index contributed by atoms with van der Waals surface area (Å²) in [5.74, 6) is -0.863. The van der Waals surface area contributed by atoms with E-state index in [1.54, 1.807) is 6.07 Å².